The highest BCUT2D eigenvalue weighted by molar-refractivity contribution is 7.90. The predicted octanol–water partition coefficient (Wildman–Crippen LogP) is 1.78. The van der Waals surface area contributed by atoms with Crippen molar-refractivity contribution in [2.45, 2.75) is 61.6 Å². The van der Waals surface area contributed by atoms with E-state index in [-0.39, 0.29) is 29.3 Å². The van der Waals surface area contributed by atoms with Gasteiger partial charge in [0.15, 0.2) is 0 Å². The second-order valence-electron chi connectivity index (χ2n) is 8.97. The molecule has 7 nitrogen and oxygen atoms in total. The van der Waals surface area contributed by atoms with Crippen LogP contribution in [0.25, 0.3) is 0 Å². The van der Waals surface area contributed by atoms with E-state index in [1.807, 2.05) is 0 Å². The summed E-state index contributed by atoms with van der Waals surface area (Å²) in [5.41, 5.74) is 10.8. The molecule has 3 aliphatic heterocycles. The number of rotatable bonds is 4. The zero-order chi connectivity index (χ0) is 21.8. The fourth-order valence-corrected chi connectivity index (χ4v) is 6.47. The molecular weight excluding hydrogens is 426 g/mol. The van der Waals surface area contributed by atoms with Crippen molar-refractivity contribution < 1.29 is 21.9 Å². The summed E-state index contributed by atoms with van der Waals surface area (Å²) < 4.78 is 60.5. The molecule has 3 heterocycles. The molecule has 5 aliphatic rings. The van der Waals surface area contributed by atoms with Crippen LogP contribution in [0.5, 0.6) is 0 Å². The van der Waals surface area contributed by atoms with E-state index >= 15 is 0 Å². The molecule has 0 aromatic rings. The highest BCUT2D eigenvalue weighted by atomic mass is 32.2. The van der Waals surface area contributed by atoms with E-state index in [4.69, 9.17) is 10.5 Å². The maximum Gasteiger partial charge on any atom is 0.250 e. The first-order chi connectivity index (χ1) is 14.8. The van der Waals surface area contributed by atoms with Crippen molar-refractivity contribution in [2.75, 3.05) is 19.7 Å². The Kier molecular flexibility index (Phi) is 5.54. The lowest BCUT2D eigenvalue weighted by Crippen LogP contribution is -2.46. The topological polar surface area (TPSA) is 87.9 Å². The summed E-state index contributed by atoms with van der Waals surface area (Å²) in [6, 6.07) is -0.382. The molecule has 0 spiro atoms. The number of hydrogen-bond donors (Lipinski definition) is 2. The average molecular weight is 455 g/mol. The van der Waals surface area contributed by atoms with Crippen LogP contribution < -0.4 is 11.2 Å². The SMILES string of the molecule is NC1CC(N2CC3=CN(S(=O)(=O)C4CC4)NC3C2)CCOC1C1=CC(F)=CCC=C1F. The van der Waals surface area contributed by atoms with E-state index in [2.05, 4.69) is 10.3 Å². The fourth-order valence-electron chi connectivity index (χ4n) is 4.86. The molecule has 1 saturated carbocycles. The molecule has 2 aliphatic carbocycles. The van der Waals surface area contributed by atoms with Gasteiger partial charge in [0, 0.05) is 43.6 Å². The van der Waals surface area contributed by atoms with Crippen LogP contribution in [0.2, 0.25) is 0 Å². The summed E-state index contributed by atoms with van der Waals surface area (Å²) in [6.07, 6.45) is 7.86. The molecule has 31 heavy (non-hydrogen) atoms. The summed E-state index contributed by atoms with van der Waals surface area (Å²) in [5.74, 6) is -0.962. The fraction of sp³-hybridized carbons (Fsp3) is 0.619. The molecule has 0 aromatic carbocycles. The van der Waals surface area contributed by atoms with Gasteiger partial charge < -0.3 is 10.5 Å². The number of allylic oxidation sites excluding steroid dienone is 4. The molecule has 170 valence electrons. The number of hydrazine groups is 1. The minimum atomic E-state index is -3.29. The van der Waals surface area contributed by atoms with Crippen molar-refractivity contribution in [3.8, 4) is 0 Å². The maximum absolute atomic E-state index is 14.5. The van der Waals surface area contributed by atoms with Crippen molar-refractivity contribution >= 4 is 10.0 Å². The van der Waals surface area contributed by atoms with Crippen molar-refractivity contribution in [1.29, 1.82) is 0 Å². The van der Waals surface area contributed by atoms with Crippen LogP contribution in [-0.2, 0) is 14.8 Å². The molecule has 4 atom stereocenters. The van der Waals surface area contributed by atoms with Gasteiger partial charge in [-0.05, 0) is 55.9 Å². The number of nitrogens with zero attached hydrogens (tertiary/aromatic N) is 2. The first-order valence-electron chi connectivity index (χ1n) is 10.9. The van der Waals surface area contributed by atoms with Crippen molar-refractivity contribution in [1.82, 2.24) is 14.7 Å². The van der Waals surface area contributed by atoms with Crippen LogP contribution in [0.1, 0.15) is 32.1 Å². The number of sulfonamides is 1. The highest BCUT2D eigenvalue weighted by Gasteiger charge is 2.45. The van der Waals surface area contributed by atoms with Crippen LogP contribution in [0.3, 0.4) is 0 Å². The van der Waals surface area contributed by atoms with E-state index in [1.54, 1.807) is 6.20 Å². The Bertz CT molecular complexity index is 973. The second kappa shape index (κ2) is 8.08. The minimum Gasteiger partial charge on any atom is -0.372 e. The monoisotopic (exact) mass is 454 g/mol. The summed E-state index contributed by atoms with van der Waals surface area (Å²) >= 11 is 0. The van der Waals surface area contributed by atoms with Crippen LogP contribution in [-0.4, -0.2) is 66.9 Å². The zero-order valence-electron chi connectivity index (χ0n) is 17.2. The minimum absolute atomic E-state index is 0.0334. The van der Waals surface area contributed by atoms with Crippen molar-refractivity contribution in [3.63, 3.8) is 0 Å². The maximum atomic E-state index is 14.5. The van der Waals surface area contributed by atoms with Gasteiger partial charge in [-0.3, -0.25) is 4.90 Å². The Hall–Kier alpha value is -1.59. The van der Waals surface area contributed by atoms with E-state index in [0.29, 0.717) is 26.1 Å². The van der Waals surface area contributed by atoms with E-state index in [0.717, 1.165) is 24.8 Å². The lowest BCUT2D eigenvalue weighted by molar-refractivity contribution is 0.0706. The average Bonchev–Trinajstić information content (AvgIpc) is 3.45. The Morgan fingerprint density at radius 3 is 2.74 bits per heavy atom. The number of hydrogen-bond acceptors (Lipinski definition) is 6. The van der Waals surface area contributed by atoms with E-state index in [1.165, 1.54) is 22.6 Å². The van der Waals surface area contributed by atoms with Gasteiger partial charge in [0.2, 0.25) is 0 Å². The lowest BCUT2D eigenvalue weighted by atomic mass is 9.95. The highest BCUT2D eigenvalue weighted by Crippen LogP contribution is 2.35. The van der Waals surface area contributed by atoms with Gasteiger partial charge in [-0.25, -0.2) is 27.0 Å². The molecule has 0 aromatic heterocycles. The Labute approximate surface area is 181 Å². The second-order valence-corrected chi connectivity index (χ2v) is 11.1. The summed E-state index contributed by atoms with van der Waals surface area (Å²) in [4.78, 5) is 2.28. The molecule has 5 rings (SSSR count). The molecule has 2 saturated heterocycles. The number of nitrogens with two attached hydrogens (primary N) is 1. The van der Waals surface area contributed by atoms with Gasteiger partial charge >= 0.3 is 0 Å². The standard InChI is InChI=1S/C21H28F2N4O3S/c22-14-2-1-3-18(23)17(8-14)21-19(24)9-15(6-7-30-21)26-10-13-11-27(25-20(13)12-26)31(28,29)16-4-5-16/h2-3,8,11,15-16,19-21,25H,1,4-7,9-10,12,24H2. The van der Waals surface area contributed by atoms with Gasteiger partial charge in [0.25, 0.3) is 10.0 Å². The number of fused-ring (bicyclic) bond motifs is 1. The molecule has 4 unspecified atom stereocenters. The number of likely N-dealkylation sites (tertiary alicyclic amines) is 1. The predicted molar refractivity (Wildman–Crippen MR) is 112 cm³/mol. The third-order valence-electron chi connectivity index (χ3n) is 6.72. The number of ether oxygens (including phenoxy) is 1. The Morgan fingerprint density at radius 2 is 2.00 bits per heavy atom. The van der Waals surface area contributed by atoms with Crippen LogP contribution in [0.15, 0.2) is 47.2 Å². The quantitative estimate of drug-likeness (QED) is 0.673. The number of nitrogens with one attached hydrogen (secondary N) is 1. The van der Waals surface area contributed by atoms with Gasteiger partial charge in [0.05, 0.1) is 11.3 Å². The molecule has 0 amide bonds. The molecule has 10 heteroatoms. The third-order valence-corrected chi connectivity index (χ3v) is 8.79. The van der Waals surface area contributed by atoms with Gasteiger partial charge in [-0.1, -0.05) is 0 Å². The molecule has 3 fully saturated rings. The summed E-state index contributed by atoms with van der Waals surface area (Å²) in [7, 11) is -3.29. The van der Waals surface area contributed by atoms with Gasteiger partial charge in [-0.2, -0.15) is 0 Å². The third kappa shape index (κ3) is 4.11. The van der Waals surface area contributed by atoms with E-state index < -0.39 is 33.8 Å². The van der Waals surface area contributed by atoms with Crippen LogP contribution in [0, 0.1) is 0 Å². The van der Waals surface area contributed by atoms with Gasteiger partial charge in [-0.15, -0.1) is 0 Å². The molecule has 3 N–H and O–H groups in total. The largest absolute Gasteiger partial charge is 0.372 e. The van der Waals surface area contributed by atoms with Crippen molar-refractivity contribution in [2.24, 2.45) is 5.73 Å². The number of halogens is 2. The molecular formula is C21H28F2N4O3S. The zero-order valence-corrected chi connectivity index (χ0v) is 18.0. The molecule has 0 radical (unpaired) electrons. The first-order valence-corrected chi connectivity index (χ1v) is 12.4. The Morgan fingerprint density at radius 1 is 1.19 bits per heavy atom. The molecule has 0 bridgehead atoms. The Balaban J connectivity index is 1.26. The van der Waals surface area contributed by atoms with Crippen LogP contribution in [0.4, 0.5) is 8.78 Å². The van der Waals surface area contributed by atoms with Crippen LogP contribution >= 0.6 is 0 Å². The first kappa shape index (κ1) is 21.3. The summed E-state index contributed by atoms with van der Waals surface area (Å²) in [6.45, 7) is 1.73. The smallest absolute Gasteiger partial charge is 0.250 e. The van der Waals surface area contributed by atoms with Crippen molar-refractivity contribution in [3.05, 3.63) is 47.2 Å². The normalized spacial score (nSPS) is 35.0. The van der Waals surface area contributed by atoms with E-state index in [9.17, 15) is 17.2 Å². The lowest BCUT2D eigenvalue weighted by Gasteiger charge is -2.30. The van der Waals surface area contributed by atoms with Gasteiger partial charge in [0.1, 0.15) is 17.8 Å². The summed E-state index contributed by atoms with van der Waals surface area (Å²) in [5, 5.41) is -0.256.